The summed E-state index contributed by atoms with van der Waals surface area (Å²) in [6.45, 7) is 1.92. The number of phenols is 2. The summed E-state index contributed by atoms with van der Waals surface area (Å²) in [5, 5.41) is 20.5. The molecule has 0 aliphatic carbocycles. The van der Waals surface area contributed by atoms with Crippen LogP contribution in [0.1, 0.15) is 5.56 Å². The molecule has 0 saturated heterocycles. The molecule has 0 atom stereocenters. The Kier molecular flexibility index (Phi) is 3.36. The van der Waals surface area contributed by atoms with Gasteiger partial charge in [0.1, 0.15) is 11.5 Å². The van der Waals surface area contributed by atoms with Crippen LogP contribution in [-0.4, -0.2) is 10.2 Å². The highest BCUT2D eigenvalue weighted by molar-refractivity contribution is 5.85. The molecule has 0 fully saturated rings. The van der Waals surface area contributed by atoms with Crippen molar-refractivity contribution in [1.29, 1.82) is 0 Å². The topological polar surface area (TPSA) is 40.5 Å². The molecule has 0 spiro atoms. The molecular formula is C19H16O2. The smallest absolute Gasteiger partial charge is 0.127 e. The quantitative estimate of drug-likeness (QED) is 0.709. The Morgan fingerprint density at radius 2 is 1.00 bits per heavy atom. The second kappa shape index (κ2) is 5.33. The van der Waals surface area contributed by atoms with Crippen LogP contribution in [0, 0.1) is 6.92 Å². The van der Waals surface area contributed by atoms with Crippen molar-refractivity contribution in [1.82, 2.24) is 0 Å². The Balaban J connectivity index is 2.29. The average Bonchev–Trinajstić information content (AvgIpc) is 2.49. The molecule has 2 N–H and O–H groups in total. The van der Waals surface area contributed by atoms with E-state index in [0.717, 1.165) is 27.8 Å². The minimum absolute atomic E-state index is 0.0934. The van der Waals surface area contributed by atoms with Crippen molar-refractivity contribution < 1.29 is 10.2 Å². The van der Waals surface area contributed by atoms with E-state index in [-0.39, 0.29) is 11.5 Å². The molecule has 2 nitrogen and oxygen atoms in total. The summed E-state index contributed by atoms with van der Waals surface area (Å²) < 4.78 is 0. The summed E-state index contributed by atoms with van der Waals surface area (Å²) in [5.74, 6) is 0.187. The molecule has 21 heavy (non-hydrogen) atoms. The van der Waals surface area contributed by atoms with Crippen molar-refractivity contribution in [2.45, 2.75) is 6.92 Å². The van der Waals surface area contributed by atoms with E-state index in [0.29, 0.717) is 0 Å². The zero-order valence-corrected chi connectivity index (χ0v) is 11.7. The lowest BCUT2D eigenvalue weighted by molar-refractivity contribution is 0.452. The lowest BCUT2D eigenvalue weighted by atomic mass is 9.91. The van der Waals surface area contributed by atoms with Crippen LogP contribution in [0.4, 0.5) is 0 Å². The van der Waals surface area contributed by atoms with Gasteiger partial charge in [-0.1, -0.05) is 60.7 Å². The van der Waals surface area contributed by atoms with E-state index >= 15 is 0 Å². The number of aromatic hydroxyl groups is 2. The van der Waals surface area contributed by atoms with Gasteiger partial charge < -0.3 is 10.2 Å². The fraction of sp³-hybridized carbons (Fsp3) is 0.0526. The Labute approximate surface area is 123 Å². The van der Waals surface area contributed by atoms with Crippen LogP contribution in [0.25, 0.3) is 22.3 Å². The summed E-state index contributed by atoms with van der Waals surface area (Å²) in [5.41, 5.74) is 4.25. The second-order valence-corrected chi connectivity index (χ2v) is 5.02. The molecule has 3 aromatic carbocycles. The number of hydrogen-bond donors (Lipinski definition) is 2. The monoisotopic (exact) mass is 276 g/mol. The lowest BCUT2D eigenvalue weighted by Gasteiger charge is -2.15. The SMILES string of the molecule is Cc1c(-c2ccccc2)c(O)cc(O)c1-c1ccccc1. The Hall–Kier alpha value is -2.74. The van der Waals surface area contributed by atoms with E-state index in [2.05, 4.69) is 0 Å². The van der Waals surface area contributed by atoms with Crippen molar-refractivity contribution in [2.24, 2.45) is 0 Å². The third kappa shape index (κ3) is 2.36. The molecule has 2 heteroatoms. The highest BCUT2D eigenvalue weighted by Crippen LogP contribution is 2.43. The molecular weight excluding hydrogens is 260 g/mol. The summed E-state index contributed by atoms with van der Waals surface area (Å²) in [4.78, 5) is 0. The van der Waals surface area contributed by atoms with Gasteiger partial charge >= 0.3 is 0 Å². The van der Waals surface area contributed by atoms with Crippen molar-refractivity contribution in [3.8, 4) is 33.8 Å². The molecule has 0 unspecified atom stereocenters. The first kappa shape index (κ1) is 13.3. The fourth-order valence-electron chi connectivity index (χ4n) is 2.72. The summed E-state index contributed by atoms with van der Waals surface area (Å²) in [7, 11) is 0. The maximum absolute atomic E-state index is 10.2. The second-order valence-electron chi connectivity index (χ2n) is 5.02. The predicted molar refractivity (Wildman–Crippen MR) is 85.4 cm³/mol. The number of benzene rings is 3. The Morgan fingerprint density at radius 3 is 1.38 bits per heavy atom. The minimum atomic E-state index is 0.0934. The third-order valence-corrected chi connectivity index (χ3v) is 3.66. The molecule has 0 aliphatic rings. The first-order chi connectivity index (χ1) is 10.2. The summed E-state index contributed by atoms with van der Waals surface area (Å²) >= 11 is 0. The van der Waals surface area contributed by atoms with E-state index < -0.39 is 0 Å². The molecule has 0 saturated carbocycles. The van der Waals surface area contributed by atoms with Crippen LogP contribution in [0.3, 0.4) is 0 Å². The van der Waals surface area contributed by atoms with E-state index in [4.69, 9.17) is 0 Å². The van der Waals surface area contributed by atoms with Gasteiger partial charge in [-0.15, -0.1) is 0 Å². The molecule has 0 amide bonds. The van der Waals surface area contributed by atoms with Crippen molar-refractivity contribution in [2.75, 3.05) is 0 Å². The van der Waals surface area contributed by atoms with Gasteiger partial charge in [0.05, 0.1) is 0 Å². The molecule has 0 aliphatic heterocycles. The van der Waals surface area contributed by atoms with Crippen molar-refractivity contribution >= 4 is 0 Å². The van der Waals surface area contributed by atoms with Crippen molar-refractivity contribution in [3.05, 3.63) is 72.3 Å². The van der Waals surface area contributed by atoms with Gasteiger partial charge in [-0.25, -0.2) is 0 Å². The van der Waals surface area contributed by atoms with Crippen LogP contribution in [0.15, 0.2) is 66.7 Å². The lowest BCUT2D eigenvalue weighted by Crippen LogP contribution is -1.90. The predicted octanol–water partition coefficient (Wildman–Crippen LogP) is 4.74. The van der Waals surface area contributed by atoms with E-state index in [1.165, 1.54) is 6.07 Å². The average molecular weight is 276 g/mol. The Bertz CT molecular complexity index is 699. The van der Waals surface area contributed by atoms with Gasteiger partial charge in [0.15, 0.2) is 0 Å². The molecule has 0 heterocycles. The molecule has 3 rings (SSSR count). The van der Waals surface area contributed by atoms with Gasteiger partial charge in [0.25, 0.3) is 0 Å². The summed E-state index contributed by atoms with van der Waals surface area (Å²) in [6, 6.07) is 20.8. The standard InChI is InChI=1S/C19H16O2/c1-13-18(14-8-4-2-5-9-14)16(20)12-17(21)19(13)15-10-6-3-7-11-15/h2-12,20-21H,1H3. The van der Waals surface area contributed by atoms with Crippen molar-refractivity contribution in [3.63, 3.8) is 0 Å². The fourth-order valence-corrected chi connectivity index (χ4v) is 2.72. The van der Waals surface area contributed by atoms with Gasteiger partial charge in [-0.05, 0) is 23.6 Å². The van der Waals surface area contributed by atoms with Crippen LogP contribution in [-0.2, 0) is 0 Å². The first-order valence-corrected chi connectivity index (χ1v) is 6.85. The molecule has 0 aromatic heterocycles. The normalized spacial score (nSPS) is 10.5. The zero-order valence-electron chi connectivity index (χ0n) is 11.7. The first-order valence-electron chi connectivity index (χ1n) is 6.85. The molecule has 3 aromatic rings. The maximum Gasteiger partial charge on any atom is 0.127 e. The largest absolute Gasteiger partial charge is 0.507 e. The van der Waals surface area contributed by atoms with Crippen LogP contribution in [0.5, 0.6) is 11.5 Å². The van der Waals surface area contributed by atoms with Gasteiger partial charge in [-0.2, -0.15) is 0 Å². The van der Waals surface area contributed by atoms with Gasteiger partial charge in [0, 0.05) is 17.2 Å². The maximum atomic E-state index is 10.2. The van der Waals surface area contributed by atoms with Crippen LogP contribution < -0.4 is 0 Å². The van der Waals surface area contributed by atoms with E-state index in [1.54, 1.807) is 0 Å². The van der Waals surface area contributed by atoms with E-state index in [9.17, 15) is 10.2 Å². The number of hydrogen-bond acceptors (Lipinski definition) is 2. The van der Waals surface area contributed by atoms with Crippen LogP contribution in [0.2, 0.25) is 0 Å². The summed E-state index contributed by atoms with van der Waals surface area (Å²) in [6.07, 6.45) is 0. The Morgan fingerprint density at radius 1 is 0.619 bits per heavy atom. The minimum Gasteiger partial charge on any atom is -0.507 e. The molecule has 104 valence electrons. The van der Waals surface area contributed by atoms with Crippen LogP contribution >= 0.6 is 0 Å². The highest BCUT2D eigenvalue weighted by Gasteiger charge is 2.16. The highest BCUT2D eigenvalue weighted by atomic mass is 16.3. The molecule has 0 bridgehead atoms. The third-order valence-electron chi connectivity index (χ3n) is 3.66. The zero-order chi connectivity index (χ0) is 14.8. The number of phenolic OH excluding ortho intramolecular Hbond substituents is 2. The van der Waals surface area contributed by atoms with Gasteiger partial charge in [-0.3, -0.25) is 0 Å². The van der Waals surface area contributed by atoms with Gasteiger partial charge in [0.2, 0.25) is 0 Å². The van der Waals surface area contributed by atoms with E-state index in [1.807, 2.05) is 67.6 Å². The number of rotatable bonds is 2. The molecule has 0 radical (unpaired) electrons.